The first-order valence-corrected chi connectivity index (χ1v) is 9.67. The summed E-state index contributed by atoms with van der Waals surface area (Å²) in [5.74, 6) is 1.88. The van der Waals surface area contributed by atoms with Crippen molar-refractivity contribution in [2.45, 2.75) is 58.0 Å². The third kappa shape index (κ3) is 4.39. The van der Waals surface area contributed by atoms with Crippen molar-refractivity contribution < 1.29 is 9.53 Å². The summed E-state index contributed by atoms with van der Waals surface area (Å²) < 4.78 is 7.22. The number of methoxy groups -OCH3 is 1. The highest BCUT2D eigenvalue weighted by molar-refractivity contribution is 5.91. The Bertz CT molecular complexity index is 574. The van der Waals surface area contributed by atoms with Gasteiger partial charge in [0, 0.05) is 45.8 Å². The van der Waals surface area contributed by atoms with Crippen LogP contribution in [0.3, 0.4) is 0 Å². The van der Waals surface area contributed by atoms with Crippen LogP contribution >= 0.6 is 0 Å². The van der Waals surface area contributed by atoms with Crippen LogP contribution in [0.5, 0.6) is 0 Å². The maximum Gasteiger partial charge on any atom is 0.289 e. The van der Waals surface area contributed by atoms with Crippen LogP contribution in [-0.2, 0) is 17.7 Å². The predicted molar refractivity (Wildman–Crippen MR) is 95.5 cm³/mol. The molecule has 1 fully saturated rings. The van der Waals surface area contributed by atoms with E-state index in [2.05, 4.69) is 27.3 Å². The van der Waals surface area contributed by atoms with Crippen molar-refractivity contribution in [3.05, 3.63) is 11.6 Å². The van der Waals surface area contributed by atoms with E-state index in [0.717, 1.165) is 70.7 Å². The molecule has 2 aliphatic heterocycles. The first kappa shape index (κ1) is 18.3. The minimum atomic E-state index is -0.0691. The lowest BCUT2D eigenvalue weighted by Gasteiger charge is -2.19. The molecule has 2 aliphatic rings. The molecular weight excluding hydrogens is 318 g/mol. The van der Waals surface area contributed by atoms with Gasteiger partial charge in [-0.2, -0.15) is 0 Å². The Morgan fingerprint density at radius 3 is 2.96 bits per heavy atom. The second-order valence-corrected chi connectivity index (χ2v) is 7.28. The molecule has 0 saturated carbocycles. The van der Waals surface area contributed by atoms with Crippen molar-refractivity contribution in [2.75, 3.05) is 33.4 Å². The fourth-order valence-electron chi connectivity index (χ4n) is 4.08. The molecule has 0 aromatic carbocycles. The fourth-order valence-corrected chi connectivity index (χ4v) is 4.08. The van der Waals surface area contributed by atoms with Crippen molar-refractivity contribution in [3.8, 4) is 0 Å². The van der Waals surface area contributed by atoms with Crippen LogP contribution in [-0.4, -0.2) is 65.0 Å². The highest BCUT2D eigenvalue weighted by Crippen LogP contribution is 2.22. The van der Waals surface area contributed by atoms with Gasteiger partial charge in [-0.25, -0.2) is 0 Å². The molecule has 0 aliphatic carbocycles. The summed E-state index contributed by atoms with van der Waals surface area (Å²) in [5.41, 5.74) is 0. The van der Waals surface area contributed by atoms with Gasteiger partial charge in [-0.3, -0.25) is 9.69 Å². The van der Waals surface area contributed by atoms with Gasteiger partial charge in [0.1, 0.15) is 5.82 Å². The monoisotopic (exact) mass is 349 g/mol. The van der Waals surface area contributed by atoms with E-state index in [9.17, 15) is 4.79 Å². The van der Waals surface area contributed by atoms with Gasteiger partial charge in [-0.05, 0) is 25.2 Å². The molecule has 2 atom stereocenters. The zero-order chi connectivity index (χ0) is 17.6. The van der Waals surface area contributed by atoms with Crippen LogP contribution in [0, 0.1) is 5.92 Å². The molecule has 140 valence electrons. The number of amides is 1. The lowest BCUT2D eigenvalue weighted by molar-refractivity contribution is 0.0912. The van der Waals surface area contributed by atoms with Crippen molar-refractivity contribution >= 4 is 5.91 Å². The van der Waals surface area contributed by atoms with Crippen LogP contribution in [0.25, 0.3) is 0 Å². The summed E-state index contributed by atoms with van der Waals surface area (Å²) in [4.78, 5) is 15.2. The number of hydrogen-bond donors (Lipinski definition) is 1. The highest BCUT2D eigenvalue weighted by Gasteiger charge is 2.34. The van der Waals surface area contributed by atoms with Crippen molar-refractivity contribution in [3.63, 3.8) is 0 Å². The quantitative estimate of drug-likeness (QED) is 0.807. The molecule has 1 amide bonds. The molecule has 0 bridgehead atoms. The molecule has 1 aromatic rings. The number of ether oxygens (including phenoxy) is 1. The Morgan fingerprint density at radius 2 is 2.16 bits per heavy atom. The number of likely N-dealkylation sites (tertiary alicyclic amines) is 1. The SMILES string of the molecule is CCC[C@@H]1CN(CCOC)C[C@H]1NC(=O)c1nnc2n1CCCCC2. The van der Waals surface area contributed by atoms with E-state index >= 15 is 0 Å². The van der Waals surface area contributed by atoms with Gasteiger partial charge in [-0.1, -0.05) is 19.8 Å². The number of carbonyl (C=O) groups is 1. The van der Waals surface area contributed by atoms with Crippen LogP contribution in [0.4, 0.5) is 0 Å². The van der Waals surface area contributed by atoms with Crippen molar-refractivity contribution in [2.24, 2.45) is 5.92 Å². The zero-order valence-corrected chi connectivity index (χ0v) is 15.5. The predicted octanol–water partition coefficient (Wildman–Crippen LogP) is 1.48. The summed E-state index contributed by atoms with van der Waals surface area (Å²) in [6.07, 6.45) is 6.61. The van der Waals surface area contributed by atoms with Gasteiger partial charge < -0.3 is 14.6 Å². The van der Waals surface area contributed by atoms with E-state index in [4.69, 9.17) is 4.74 Å². The topological polar surface area (TPSA) is 72.3 Å². The van der Waals surface area contributed by atoms with Gasteiger partial charge in [0.15, 0.2) is 0 Å². The third-order valence-electron chi connectivity index (χ3n) is 5.42. The van der Waals surface area contributed by atoms with Crippen LogP contribution < -0.4 is 5.32 Å². The number of rotatable bonds is 7. The zero-order valence-electron chi connectivity index (χ0n) is 15.5. The third-order valence-corrected chi connectivity index (χ3v) is 5.42. The van der Waals surface area contributed by atoms with Gasteiger partial charge in [0.25, 0.3) is 5.91 Å². The maximum absolute atomic E-state index is 12.8. The number of fused-ring (bicyclic) bond motifs is 1. The number of nitrogens with one attached hydrogen (secondary N) is 1. The summed E-state index contributed by atoms with van der Waals surface area (Å²) in [6.45, 7) is 6.63. The van der Waals surface area contributed by atoms with E-state index in [1.165, 1.54) is 6.42 Å². The summed E-state index contributed by atoms with van der Waals surface area (Å²) in [6, 6.07) is 0.183. The normalized spacial score (nSPS) is 24.1. The molecule has 7 nitrogen and oxygen atoms in total. The molecule has 1 saturated heterocycles. The molecule has 1 N–H and O–H groups in total. The fraction of sp³-hybridized carbons (Fsp3) is 0.833. The van der Waals surface area contributed by atoms with Crippen LogP contribution in [0.1, 0.15) is 55.5 Å². The molecule has 1 aromatic heterocycles. The Hall–Kier alpha value is -1.47. The van der Waals surface area contributed by atoms with Crippen LogP contribution in [0.15, 0.2) is 0 Å². The standard InChI is InChI=1S/C18H31N5O2/c1-3-7-14-12-22(10-11-25-2)13-15(14)19-18(24)17-21-20-16-8-5-4-6-9-23(16)17/h14-15H,3-13H2,1-2H3,(H,19,24)/t14-,15-/m1/s1. The minimum Gasteiger partial charge on any atom is -0.383 e. The minimum absolute atomic E-state index is 0.0691. The van der Waals surface area contributed by atoms with Gasteiger partial charge in [0.2, 0.25) is 5.82 Å². The molecule has 3 heterocycles. The largest absolute Gasteiger partial charge is 0.383 e. The lowest BCUT2D eigenvalue weighted by Crippen LogP contribution is -2.41. The van der Waals surface area contributed by atoms with Crippen molar-refractivity contribution in [1.29, 1.82) is 0 Å². The van der Waals surface area contributed by atoms with Gasteiger partial charge in [-0.15, -0.1) is 10.2 Å². The molecule has 25 heavy (non-hydrogen) atoms. The van der Waals surface area contributed by atoms with Gasteiger partial charge in [0.05, 0.1) is 6.61 Å². The molecule has 0 spiro atoms. The maximum atomic E-state index is 12.8. The number of aromatic nitrogens is 3. The van der Waals surface area contributed by atoms with E-state index in [1.54, 1.807) is 7.11 Å². The van der Waals surface area contributed by atoms with E-state index in [0.29, 0.717) is 11.7 Å². The number of aryl methyl sites for hydroxylation is 1. The first-order valence-electron chi connectivity index (χ1n) is 9.67. The van der Waals surface area contributed by atoms with E-state index in [-0.39, 0.29) is 11.9 Å². The van der Waals surface area contributed by atoms with Gasteiger partial charge >= 0.3 is 0 Å². The Morgan fingerprint density at radius 1 is 1.28 bits per heavy atom. The smallest absolute Gasteiger partial charge is 0.289 e. The van der Waals surface area contributed by atoms with Crippen molar-refractivity contribution in [1.82, 2.24) is 25.0 Å². The summed E-state index contributed by atoms with van der Waals surface area (Å²) in [5, 5.41) is 11.7. The molecule has 7 heteroatoms. The average molecular weight is 349 g/mol. The van der Waals surface area contributed by atoms with E-state index in [1.807, 2.05) is 4.57 Å². The summed E-state index contributed by atoms with van der Waals surface area (Å²) in [7, 11) is 1.73. The average Bonchev–Trinajstić information content (AvgIpc) is 3.10. The summed E-state index contributed by atoms with van der Waals surface area (Å²) >= 11 is 0. The number of hydrogen-bond acceptors (Lipinski definition) is 5. The number of nitrogens with zero attached hydrogens (tertiary/aromatic N) is 4. The molecule has 0 unspecified atom stereocenters. The Labute approximate surface area is 150 Å². The first-order chi connectivity index (χ1) is 12.2. The molecular formula is C18H31N5O2. The number of carbonyl (C=O) groups excluding carboxylic acids is 1. The molecule has 0 radical (unpaired) electrons. The Kier molecular flexibility index (Phi) is 6.42. The lowest BCUT2D eigenvalue weighted by atomic mass is 9.98. The molecule has 3 rings (SSSR count). The highest BCUT2D eigenvalue weighted by atomic mass is 16.5. The Balaban J connectivity index is 1.65. The second kappa shape index (κ2) is 8.76. The second-order valence-electron chi connectivity index (χ2n) is 7.28. The van der Waals surface area contributed by atoms with Crippen LogP contribution in [0.2, 0.25) is 0 Å². The van der Waals surface area contributed by atoms with E-state index < -0.39 is 0 Å².